The molecule has 3 nitrogen and oxygen atoms in total. The van der Waals surface area contributed by atoms with Crippen LogP contribution in [0.15, 0.2) is 11.6 Å². The Morgan fingerprint density at radius 1 is 1.38 bits per heavy atom. The van der Waals surface area contributed by atoms with Crippen LogP contribution < -0.4 is 0 Å². The van der Waals surface area contributed by atoms with Gasteiger partial charge in [-0.3, -0.25) is 4.79 Å². The minimum atomic E-state index is -0.518. The summed E-state index contributed by atoms with van der Waals surface area (Å²) in [4.78, 5) is 23.1. The number of allylic oxidation sites excluding steroid dienone is 1. The highest BCUT2D eigenvalue weighted by molar-refractivity contribution is 9.09. The summed E-state index contributed by atoms with van der Waals surface area (Å²) in [5.74, 6) is -0.739. The number of alkyl halides is 1. The molecular weight excluding hydrogens is 272 g/mol. The maximum Gasteiger partial charge on any atom is 0.341 e. The monoisotopic (exact) mass is 290 g/mol. The van der Waals surface area contributed by atoms with Crippen molar-refractivity contribution in [2.75, 3.05) is 5.33 Å². The summed E-state index contributed by atoms with van der Waals surface area (Å²) >= 11 is 3.06. The summed E-state index contributed by atoms with van der Waals surface area (Å²) in [6.07, 6.45) is 4.21. The lowest BCUT2D eigenvalue weighted by Crippen LogP contribution is -2.20. The molecule has 0 spiro atoms. The zero-order chi connectivity index (χ0) is 12.6. The first-order valence-corrected chi connectivity index (χ1v) is 6.65. The number of rotatable bonds is 7. The number of hydrogen-bond acceptors (Lipinski definition) is 3. The number of ether oxygens (including phenoxy) is 1. The van der Waals surface area contributed by atoms with E-state index in [1.54, 1.807) is 19.9 Å². The van der Waals surface area contributed by atoms with Crippen LogP contribution in [0.1, 0.15) is 40.0 Å². The fraction of sp³-hybridized carbons (Fsp3) is 0.667. The number of halogens is 1. The maximum absolute atomic E-state index is 11.6. The average molecular weight is 291 g/mol. The second-order valence-electron chi connectivity index (χ2n) is 3.77. The Kier molecular flexibility index (Phi) is 8.16. The number of Topliss-reactive ketones (excluding diaryl/α,β-unsaturated/α-hetero) is 1. The van der Waals surface area contributed by atoms with Crippen molar-refractivity contribution in [3.8, 4) is 0 Å². The number of esters is 1. The Morgan fingerprint density at radius 3 is 2.44 bits per heavy atom. The van der Waals surface area contributed by atoms with Gasteiger partial charge in [0, 0.05) is 0 Å². The topological polar surface area (TPSA) is 43.4 Å². The highest BCUT2D eigenvalue weighted by Crippen LogP contribution is 2.08. The Labute approximate surface area is 105 Å². The second kappa shape index (κ2) is 8.50. The third kappa shape index (κ3) is 6.05. The fourth-order valence-electron chi connectivity index (χ4n) is 1.11. The van der Waals surface area contributed by atoms with Gasteiger partial charge < -0.3 is 4.74 Å². The van der Waals surface area contributed by atoms with E-state index in [0.29, 0.717) is 0 Å². The zero-order valence-corrected chi connectivity index (χ0v) is 11.7. The maximum atomic E-state index is 11.6. The van der Waals surface area contributed by atoms with Crippen molar-refractivity contribution >= 4 is 27.7 Å². The van der Waals surface area contributed by atoms with E-state index in [1.165, 1.54) is 0 Å². The van der Waals surface area contributed by atoms with Crippen LogP contribution in [0.25, 0.3) is 0 Å². The van der Waals surface area contributed by atoms with Gasteiger partial charge >= 0.3 is 5.97 Å². The lowest BCUT2D eigenvalue weighted by Gasteiger charge is -2.09. The third-order valence-electron chi connectivity index (χ3n) is 1.89. The normalized spacial score (nSPS) is 11.7. The highest BCUT2D eigenvalue weighted by atomic mass is 79.9. The molecule has 0 aliphatic rings. The molecular formula is C12H19BrO3. The molecule has 0 aromatic rings. The Bertz CT molecular complexity index is 269. The summed E-state index contributed by atoms with van der Waals surface area (Å²) in [5.41, 5.74) is 0.166. The van der Waals surface area contributed by atoms with Crippen molar-refractivity contribution in [2.24, 2.45) is 0 Å². The fourth-order valence-corrected chi connectivity index (χ4v) is 1.41. The zero-order valence-electron chi connectivity index (χ0n) is 10.1. The van der Waals surface area contributed by atoms with Crippen LogP contribution in [-0.2, 0) is 14.3 Å². The molecule has 0 aliphatic heterocycles. The first-order valence-electron chi connectivity index (χ1n) is 5.53. The lowest BCUT2D eigenvalue weighted by atomic mass is 10.1. The molecule has 16 heavy (non-hydrogen) atoms. The molecule has 0 saturated carbocycles. The average Bonchev–Trinajstić information content (AvgIpc) is 2.22. The summed E-state index contributed by atoms with van der Waals surface area (Å²) < 4.78 is 5.02. The van der Waals surface area contributed by atoms with Crippen molar-refractivity contribution in [2.45, 2.75) is 46.1 Å². The third-order valence-corrected chi connectivity index (χ3v) is 2.40. The van der Waals surface area contributed by atoms with Crippen LogP contribution in [-0.4, -0.2) is 23.2 Å². The largest absolute Gasteiger partial charge is 0.459 e. The van der Waals surface area contributed by atoms with E-state index in [9.17, 15) is 9.59 Å². The van der Waals surface area contributed by atoms with Gasteiger partial charge in [-0.1, -0.05) is 41.8 Å². The molecule has 0 radical (unpaired) electrons. The molecule has 0 N–H and O–H groups in total. The van der Waals surface area contributed by atoms with E-state index >= 15 is 0 Å². The van der Waals surface area contributed by atoms with Crippen molar-refractivity contribution in [3.05, 3.63) is 11.6 Å². The van der Waals surface area contributed by atoms with Gasteiger partial charge in [0.25, 0.3) is 0 Å². The number of carbonyl (C=O) groups excluding carboxylic acids is 2. The van der Waals surface area contributed by atoms with E-state index in [-0.39, 0.29) is 22.8 Å². The van der Waals surface area contributed by atoms with Gasteiger partial charge in [0.05, 0.1) is 17.0 Å². The van der Waals surface area contributed by atoms with Crippen molar-refractivity contribution in [1.82, 2.24) is 0 Å². The van der Waals surface area contributed by atoms with Gasteiger partial charge in [0.15, 0.2) is 5.78 Å². The molecule has 0 heterocycles. The van der Waals surface area contributed by atoms with Gasteiger partial charge in [-0.2, -0.15) is 0 Å². The molecule has 0 atom stereocenters. The van der Waals surface area contributed by atoms with Crippen LogP contribution >= 0.6 is 15.9 Å². The highest BCUT2D eigenvalue weighted by Gasteiger charge is 2.19. The minimum absolute atomic E-state index is 0.151. The number of ketones is 1. The summed E-state index contributed by atoms with van der Waals surface area (Å²) in [6, 6.07) is 0. The van der Waals surface area contributed by atoms with Crippen LogP contribution in [0, 0.1) is 0 Å². The standard InChI is InChI=1S/C12H19BrO3/c1-4-5-6-7-10(11(14)8-13)12(15)16-9(2)3/h7,9H,4-6,8H2,1-3H3. The SMILES string of the molecule is CCCCC=C(C(=O)CBr)C(=O)OC(C)C. The van der Waals surface area contributed by atoms with E-state index < -0.39 is 5.97 Å². The van der Waals surface area contributed by atoms with Crippen molar-refractivity contribution < 1.29 is 14.3 Å². The predicted molar refractivity (Wildman–Crippen MR) is 67.6 cm³/mol. The van der Waals surface area contributed by atoms with Gasteiger partial charge in [0.2, 0.25) is 0 Å². The molecule has 0 aromatic heterocycles. The van der Waals surface area contributed by atoms with E-state index in [1.807, 2.05) is 0 Å². The Balaban J connectivity index is 4.59. The van der Waals surface area contributed by atoms with Gasteiger partial charge in [-0.15, -0.1) is 0 Å². The molecule has 0 fully saturated rings. The van der Waals surface area contributed by atoms with Crippen LogP contribution in [0.5, 0.6) is 0 Å². The molecule has 0 aliphatic carbocycles. The van der Waals surface area contributed by atoms with E-state index in [2.05, 4.69) is 22.9 Å². The summed E-state index contributed by atoms with van der Waals surface area (Å²) in [7, 11) is 0. The Hall–Kier alpha value is -0.640. The van der Waals surface area contributed by atoms with E-state index in [0.717, 1.165) is 19.3 Å². The summed E-state index contributed by atoms with van der Waals surface area (Å²) in [6.45, 7) is 5.59. The number of unbranched alkanes of at least 4 members (excludes halogenated alkanes) is 2. The number of carbonyl (C=O) groups is 2. The van der Waals surface area contributed by atoms with Gasteiger partial charge in [-0.25, -0.2) is 4.79 Å². The van der Waals surface area contributed by atoms with Crippen molar-refractivity contribution in [1.29, 1.82) is 0 Å². The number of hydrogen-bond donors (Lipinski definition) is 0. The minimum Gasteiger partial charge on any atom is -0.459 e. The summed E-state index contributed by atoms with van der Waals surface area (Å²) in [5, 5.41) is 0.151. The first kappa shape index (κ1) is 15.4. The van der Waals surface area contributed by atoms with Crippen LogP contribution in [0.4, 0.5) is 0 Å². The lowest BCUT2D eigenvalue weighted by molar-refractivity contribution is -0.143. The molecule has 0 aromatic carbocycles. The van der Waals surface area contributed by atoms with Crippen LogP contribution in [0.2, 0.25) is 0 Å². The molecule has 0 unspecified atom stereocenters. The molecule has 92 valence electrons. The van der Waals surface area contributed by atoms with Crippen LogP contribution in [0.3, 0.4) is 0 Å². The molecule has 0 rings (SSSR count). The molecule has 4 heteroatoms. The van der Waals surface area contributed by atoms with Gasteiger partial charge in [-0.05, 0) is 20.3 Å². The quantitative estimate of drug-likeness (QED) is 0.181. The molecule has 0 amide bonds. The second-order valence-corrected chi connectivity index (χ2v) is 4.33. The van der Waals surface area contributed by atoms with E-state index in [4.69, 9.17) is 4.74 Å². The first-order chi connectivity index (χ1) is 7.52. The molecule has 0 saturated heterocycles. The van der Waals surface area contributed by atoms with Gasteiger partial charge in [0.1, 0.15) is 0 Å². The predicted octanol–water partition coefficient (Wildman–Crippen LogP) is 3.02. The molecule has 0 bridgehead atoms. The Morgan fingerprint density at radius 2 is 2.00 bits per heavy atom. The smallest absolute Gasteiger partial charge is 0.341 e. The van der Waals surface area contributed by atoms with Crippen molar-refractivity contribution in [3.63, 3.8) is 0 Å².